The number of sulfonamides is 1. The van der Waals surface area contributed by atoms with Gasteiger partial charge in [-0.1, -0.05) is 20.8 Å². The van der Waals surface area contributed by atoms with E-state index in [0.717, 1.165) is 25.8 Å². The summed E-state index contributed by atoms with van der Waals surface area (Å²) in [6, 6.07) is 0.714. The SMILES string of the molecule is CC(C)(C)CCNS(=O)(=O)CCCCNC1CC1. The maximum absolute atomic E-state index is 11.7. The normalized spacial score (nSPS) is 17.1. The highest BCUT2D eigenvalue weighted by Gasteiger charge is 2.19. The second kappa shape index (κ2) is 6.87. The van der Waals surface area contributed by atoms with Crippen molar-refractivity contribution in [2.75, 3.05) is 18.8 Å². The number of hydrogen-bond donors (Lipinski definition) is 2. The van der Waals surface area contributed by atoms with Crippen molar-refractivity contribution in [3.63, 3.8) is 0 Å². The van der Waals surface area contributed by atoms with E-state index in [1.165, 1.54) is 12.8 Å². The molecule has 0 aliphatic heterocycles. The average Bonchev–Trinajstić information content (AvgIpc) is 2.98. The summed E-state index contributed by atoms with van der Waals surface area (Å²) in [6.45, 7) is 7.84. The summed E-state index contributed by atoms with van der Waals surface area (Å²) in [7, 11) is -3.07. The summed E-state index contributed by atoms with van der Waals surface area (Å²) in [5.41, 5.74) is 0.177. The van der Waals surface area contributed by atoms with Crippen molar-refractivity contribution in [1.29, 1.82) is 0 Å². The summed E-state index contributed by atoms with van der Waals surface area (Å²) in [5.74, 6) is 0.253. The first-order chi connectivity index (χ1) is 8.29. The van der Waals surface area contributed by atoms with Crippen molar-refractivity contribution < 1.29 is 8.42 Å². The van der Waals surface area contributed by atoms with E-state index >= 15 is 0 Å². The van der Waals surface area contributed by atoms with Crippen LogP contribution in [0.1, 0.15) is 52.9 Å². The zero-order valence-corrected chi connectivity index (χ0v) is 12.8. The molecule has 1 rings (SSSR count). The molecule has 108 valence electrons. The molecule has 0 radical (unpaired) electrons. The van der Waals surface area contributed by atoms with E-state index in [0.29, 0.717) is 12.6 Å². The topological polar surface area (TPSA) is 58.2 Å². The molecule has 0 aromatic carbocycles. The molecule has 0 atom stereocenters. The van der Waals surface area contributed by atoms with Crippen LogP contribution in [-0.4, -0.2) is 33.3 Å². The average molecular weight is 276 g/mol. The molecule has 5 heteroatoms. The monoisotopic (exact) mass is 276 g/mol. The predicted octanol–water partition coefficient (Wildman–Crippen LogP) is 1.87. The minimum atomic E-state index is -3.07. The largest absolute Gasteiger partial charge is 0.314 e. The van der Waals surface area contributed by atoms with E-state index in [9.17, 15) is 8.42 Å². The van der Waals surface area contributed by atoms with Gasteiger partial charge in [-0.3, -0.25) is 0 Å². The molecule has 0 aromatic rings. The molecule has 0 amide bonds. The predicted molar refractivity (Wildman–Crippen MR) is 76.1 cm³/mol. The van der Waals surface area contributed by atoms with Crippen LogP contribution in [0.15, 0.2) is 0 Å². The van der Waals surface area contributed by atoms with Gasteiger partial charge in [0.2, 0.25) is 10.0 Å². The molecular formula is C13H28N2O2S. The number of hydrogen-bond acceptors (Lipinski definition) is 3. The Bertz CT molecular complexity index is 329. The van der Waals surface area contributed by atoms with Gasteiger partial charge in [0.05, 0.1) is 5.75 Å². The third kappa shape index (κ3) is 8.89. The minimum Gasteiger partial charge on any atom is -0.314 e. The lowest BCUT2D eigenvalue weighted by molar-refractivity contribution is 0.378. The van der Waals surface area contributed by atoms with Crippen LogP contribution in [0.5, 0.6) is 0 Å². The van der Waals surface area contributed by atoms with Crippen molar-refractivity contribution in [2.24, 2.45) is 5.41 Å². The molecule has 2 N–H and O–H groups in total. The van der Waals surface area contributed by atoms with Crippen molar-refractivity contribution in [1.82, 2.24) is 10.0 Å². The molecule has 1 aliphatic carbocycles. The first-order valence-electron chi connectivity index (χ1n) is 6.99. The van der Waals surface area contributed by atoms with Crippen LogP contribution in [0.3, 0.4) is 0 Å². The minimum absolute atomic E-state index is 0.177. The summed E-state index contributed by atoms with van der Waals surface area (Å²) in [5, 5.41) is 3.39. The lowest BCUT2D eigenvalue weighted by Gasteiger charge is -2.18. The maximum atomic E-state index is 11.7. The maximum Gasteiger partial charge on any atom is 0.211 e. The summed E-state index contributed by atoms with van der Waals surface area (Å²) >= 11 is 0. The molecule has 1 aliphatic rings. The van der Waals surface area contributed by atoms with E-state index in [1.807, 2.05) is 0 Å². The molecule has 0 heterocycles. The van der Waals surface area contributed by atoms with Crippen LogP contribution in [0.2, 0.25) is 0 Å². The summed E-state index contributed by atoms with van der Waals surface area (Å²) < 4.78 is 26.1. The van der Waals surface area contributed by atoms with Crippen LogP contribution in [0.4, 0.5) is 0 Å². The van der Waals surface area contributed by atoms with Crippen LogP contribution in [0.25, 0.3) is 0 Å². The summed E-state index contributed by atoms with van der Waals surface area (Å²) in [6.07, 6.45) is 5.12. The molecule has 0 spiro atoms. The highest BCUT2D eigenvalue weighted by atomic mass is 32.2. The van der Waals surface area contributed by atoms with Gasteiger partial charge in [0.25, 0.3) is 0 Å². The van der Waals surface area contributed by atoms with Gasteiger partial charge < -0.3 is 5.32 Å². The smallest absolute Gasteiger partial charge is 0.211 e. The van der Waals surface area contributed by atoms with E-state index < -0.39 is 10.0 Å². The third-order valence-electron chi connectivity index (χ3n) is 3.05. The Morgan fingerprint density at radius 1 is 1.11 bits per heavy atom. The van der Waals surface area contributed by atoms with Gasteiger partial charge >= 0.3 is 0 Å². The van der Waals surface area contributed by atoms with E-state index in [1.54, 1.807) is 0 Å². The van der Waals surface area contributed by atoms with E-state index in [2.05, 4.69) is 30.8 Å². The quantitative estimate of drug-likeness (QED) is 0.632. The molecule has 0 unspecified atom stereocenters. The van der Waals surface area contributed by atoms with Crippen LogP contribution in [0, 0.1) is 5.41 Å². The van der Waals surface area contributed by atoms with Gasteiger partial charge in [-0.25, -0.2) is 13.1 Å². The fourth-order valence-corrected chi connectivity index (χ4v) is 2.81. The lowest BCUT2D eigenvalue weighted by Crippen LogP contribution is -2.30. The van der Waals surface area contributed by atoms with Gasteiger partial charge in [0, 0.05) is 12.6 Å². The molecule has 1 saturated carbocycles. The molecule has 18 heavy (non-hydrogen) atoms. The van der Waals surface area contributed by atoms with Gasteiger partial charge in [-0.2, -0.15) is 0 Å². The van der Waals surface area contributed by atoms with E-state index in [-0.39, 0.29) is 11.2 Å². The highest BCUT2D eigenvalue weighted by molar-refractivity contribution is 7.89. The molecular weight excluding hydrogens is 248 g/mol. The van der Waals surface area contributed by atoms with Crippen LogP contribution in [-0.2, 0) is 10.0 Å². The highest BCUT2D eigenvalue weighted by Crippen LogP contribution is 2.18. The lowest BCUT2D eigenvalue weighted by atomic mass is 9.93. The van der Waals surface area contributed by atoms with E-state index in [4.69, 9.17) is 0 Å². The number of rotatable bonds is 9. The molecule has 0 saturated heterocycles. The zero-order valence-electron chi connectivity index (χ0n) is 12.0. The Labute approximate surface area is 112 Å². The van der Waals surface area contributed by atoms with Crippen molar-refractivity contribution in [3.05, 3.63) is 0 Å². The Morgan fingerprint density at radius 2 is 1.78 bits per heavy atom. The third-order valence-corrected chi connectivity index (χ3v) is 4.52. The first kappa shape index (κ1) is 15.9. The van der Waals surface area contributed by atoms with Crippen LogP contribution < -0.4 is 10.0 Å². The Kier molecular flexibility index (Phi) is 6.08. The fourth-order valence-electron chi connectivity index (χ4n) is 1.66. The van der Waals surface area contributed by atoms with Gasteiger partial charge in [0.1, 0.15) is 0 Å². The van der Waals surface area contributed by atoms with Crippen molar-refractivity contribution in [2.45, 2.75) is 58.9 Å². The first-order valence-corrected chi connectivity index (χ1v) is 8.64. The van der Waals surface area contributed by atoms with Gasteiger partial charge in [-0.15, -0.1) is 0 Å². The zero-order chi connectivity index (χ0) is 13.6. The second-order valence-corrected chi connectivity index (χ2v) is 8.39. The van der Waals surface area contributed by atoms with Crippen LogP contribution >= 0.6 is 0 Å². The molecule has 0 aromatic heterocycles. The summed E-state index contributed by atoms with van der Waals surface area (Å²) in [4.78, 5) is 0. The standard InChI is InChI=1S/C13H28N2O2S/c1-13(2,3)8-10-15-18(16,17)11-5-4-9-14-12-6-7-12/h12,14-15H,4-11H2,1-3H3. The van der Waals surface area contributed by atoms with Crippen molar-refractivity contribution >= 4 is 10.0 Å². The molecule has 0 bridgehead atoms. The van der Waals surface area contributed by atoms with Crippen molar-refractivity contribution in [3.8, 4) is 0 Å². The number of unbranched alkanes of at least 4 members (excludes halogenated alkanes) is 1. The fraction of sp³-hybridized carbons (Fsp3) is 1.00. The Morgan fingerprint density at radius 3 is 2.33 bits per heavy atom. The van der Waals surface area contributed by atoms with Gasteiger partial charge in [0.15, 0.2) is 0 Å². The Balaban J connectivity index is 2.03. The molecule has 1 fully saturated rings. The second-order valence-electron chi connectivity index (χ2n) is 6.46. The Hall–Kier alpha value is -0.130. The van der Waals surface area contributed by atoms with Gasteiger partial charge in [-0.05, 0) is 44.1 Å². The number of nitrogens with one attached hydrogen (secondary N) is 2. The molecule has 4 nitrogen and oxygen atoms in total.